The van der Waals surface area contributed by atoms with Gasteiger partial charge >= 0.3 is 0 Å². The average molecular weight is 315 g/mol. The van der Waals surface area contributed by atoms with Crippen molar-refractivity contribution in [2.45, 2.75) is 32.1 Å². The Hall–Kier alpha value is -1.18. The molecule has 6 nitrogen and oxygen atoms in total. The monoisotopic (exact) mass is 315 g/mol. The molecule has 0 radical (unpaired) electrons. The number of ether oxygens (including phenoxy) is 1. The van der Waals surface area contributed by atoms with Gasteiger partial charge in [0.25, 0.3) is 0 Å². The molecule has 21 heavy (non-hydrogen) atoms. The van der Waals surface area contributed by atoms with Crippen LogP contribution in [0.5, 0.6) is 5.75 Å². The molecule has 0 saturated carbocycles. The summed E-state index contributed by atoms with van der Waals surface area (Å²) in [6, 6.07) is 1.56. The molecule has 0 amide bonds. The third kappa shape index (κ3) is 5.61. The second kappa shape index (κ2) is 8.96. The minimum Gasteiger partial charge on any atom is -0.492 e. The molecule has 0 aromatic carbocycles. The Morgan fingerprint density at radius 2 is 2.00 bits per heavy atom. The first kappa shape index (κ1) is 17.9. The Balaban J connectivity index is 2.61. The first-order chi connectivity index (χ1) is 10.0. The van der Waals surface area contributed by atoms with Crippen molar-refractivity contribution >= 4 is 10.0 Å². The number of rotatable bonds is 10. The normalized spacial score (nSPS) is 11.8. The summed E-state index contributed by atoms with van der Waals surface area (Å²) in [5, 5.41) is 0. The molecular formula is C14H25N3O3S. The van der Waals surface area contributed by atoms with E-state index in [9.17, 15) is 8.42 Å². The summed E-state index contributed by atoms with van der Waals surface area (Å²) in [5.74, 6) is 0.337. The second-order valence-corrected chi connectivity index (χ2v) is 6.27. The van der Waals surface area contributed by atoms with Gasteiger partial charge in [-0.3, -0.25) is 4.98 Å². The van der Waals surface area contributed by atoms with Gasteiger partial charge in [0.2, 0.25) is 10.0 Å². The highest BCUT2D eigenvalue weighted by Crippen LogP contribution is 2.21. The number of aromatic nitrogens is 1. The van der Waals surface area contributed by atoms with E-state index in [1.807, 2.05) is 6.92 Å². The fraction of sp³-hybridized carbons (Fsp3) is 0.643. The zero-order valence-corrected chi connectivity index (χ0v) is 13.8. The van der Waals surface area contributed by atoms with Crippen molar-refractivity contribution in [3.8, 4) is 5.75 Å². The van der Waals surface area contributed by atoms with Gasteiger partial charge in [-0.15, -0.1) is 0 Å². The first-order valence-electron chi connectivity index (χ1n) is 7.34. The van der Waals surface area contributed by atoms with Gasteiger partial charge in [0, 0.05) is 12.7 Å². The number of sulfonamides is 1. The SMILES string of the molecule is CCOc1ccncc1S(=O)(=O)NCCCN(CC)CC. The van der Waals surface area contributed by atoms with Crippen LogP contribution in [0.2, 0.25) is 0 Å². The molecule has 0 saturated heterocycles. The van der Waals surface area contributed by atoms with Crippen LogP contribution in [-0.4, -0.2) is 51.1 Å². The van der Waals surface area contributed by atoms with E-state index in [0.717, 1.165) is 26.1 Å². The molecule has 0 atom stereocenters. The average Bonchev–Trinajstić information content (AvgIpc) is 2.48. The summed E-state index contributed by atoms with van der Waals surface area (Å²) in [6.07, 6.45) is 3.60. The molecule has 1 heterocycles. The van der Waals surface area contributed by atoms with Crippen LogP contribution >= 0.6 is 0 Å². The molecule has 120 valence electrons. The number of nitrogens with zero attached hydrogens (tertiary/aromatic N) is 2. The third-order valence-electron chi connectivity index (χ3n) is 3.17. The Bertz CT molecular complexity index is 516. The molecule has 0 aliphatic rings. The molecule has 1 N–H and O–H groups in total. The van der Waals surface area contributed by atoms with E-state index in [-0.39, 0.29) is 4.90 Å². The van der Waals surface area contributed by atoms with Crippen LogP contribution in [0.3, 0.4) is 0 Å². The summed E-state index contributed by atoms with van der Waals surface area (Å²) < 4.78 is 32.5. The van der Waals surface area contributed by atoms with Crippen LogP contribution in [0.15, 0.2) is 23.4 Å². The first-order valence-corrected chi connectivity index (χ1v) is 8.82. The van der Waals surface area contributed by atoms with Gasteiger partial charge in [-0.1, -0.05) is 13.8 Å². The highest BCUT2D eigenvalue weighted by Gasteiger charge is 2.19. The molecule has 0 aliphatic heterocycles. The van der Waals surface area contributed by atoms with Crippen molar-refractivity contribution in [2.75, 3.05) is 32.8 Å². The molecule has 0 unspecified atom stereocenters. The third-order valence-corrected chi connectivity index (χ3v) is 4.64. The van der Waals surface area contributed by atoms with Crippen LogP contribution in [0.25, 0.3) is 0 Å². The molecule has 0 bridgehead atoms. The Labute approximate surface area is 127 Å². The van der Waals surface area contributed by atoms with Crippen molar-refractivity contribution in [1.82, 2.24) is 14.6 Å². The predicted octanol–water partition coefficient (Wildman–Crippen LogP) is 1.49. The van der Waals surface area contributed by atoms with Crippen molar-refractivity contribution in [1.29, 1.82) is 0 Å². The van der Waals surface area contributed by atoms with Gasteiger partial charge in [0.1, 0.15) is 10.6 Å². The number of hydrogen-bond acceptors (Lipinski definition) is 5. The maximum Gasteiger partial charge on any atom is 0.245 e. The Morgan fingerprint density at radius 3 is 2.62 bits per heavy atom. The summed E-state index contributed by atoms with van der Waals surface area (Å²) >= 11 is 0. The number of hydrogen-bond donors (Lipinski definition) is 1. The lowest BCUT2D eigenvalue weighted by Gasteiger charge is -2.17. The fourth-order valence-corrected chi connectivity index (χ4v) is 3.13. The number of nitrogens with one attached hydrogen (secondary N) is 1. The highest BCUT2D eigenvalue weighted by atomic mass is 32.2. The standard InChI is InChI=1S/C14H25N3O3S/c1-4-17(5-2)11-7-9-16-21(18,19)14-12-15-10-8-13(14)20-6-3/h8,10,12,16H,4-7,9,11H2,1-3H3. The van der Waals surface area contributed by atoms with Crippen molar-refractivity contribution in [3.63, 3.8) is 0 Å². The minimum absolute atomic E-state index is 0.0923. The van der Waals surface area contributed by atoms with Gasteiger partial charge in [-0.05, 0) is 39.0 Å². The summed E-state index contributed by atoms with van der Waals surface area (Å²) in [6.45, 7) is 9.64. The van der Waals surface area contributed by atoms with Gasteiger partial charge in [-0.2, -0.15) is 0 Å². The van der Waals surface area contributed by atoms with Crippen molar-refractivity contribution in [2.24, 2.45) is 0 Å². The fourth-order valence-electron chi connectivity index (χ4n) is 1.97. The predicted molar refractivity (Wildman–Crippen MR) is 83.0 cm³/mol. The van der Waals surface area contributed by atoms with Crippen LogP contribution < -0.4 is 9.46 Å². The van der Waals surface area contributed by atoms with Crippen molar-refractivity contribution in [3.05, 3.63) is 18.5 Å². The summed E-state index contributed by atoms with van der Waals surface area (Å²) in [5.41, 5.74) is 0. The molecule has 7 heteroatoms. The maximum absolute atomic E-state index is 12.3. The molecule has 1 aromatic heterocycles. The van der Waals surface area contributed by atoms with E-state index >= 15 is 0 Å². The lowest BCUT2D eigenvalue weighted by atomic mass is 10.4. The van der Waals surface area contributed by atoms with E-state index in [2.05, 4.69) is 28.5 Å². The zero-order valence-electron chi connectivity index (χ0n) is 13.0. The minimum atomic E-state index is -3.58. The smallest absolute Gasteiger partial charge is 0.245 e. The van der Waals surface area contributed by atoms with E-state index in [0.29, 0.717) is 18.9 Å². The lowest BCUT2D eigenvalue weighted by Crippen LogP contribution is -2.30. The van der Waals surface area contributed by atoms with Gasteiger partial charge in [-0.25, -0.2) is 13.1 Å². The Morgan fingerprint density at radius 1 is 1.29 bits per heavy atom. The lowest BCUT2D eigenvalue weighted by molar-refractivity contribution is 0.300. The topological polar surface area (TPSA) is 71.5 Å². The van der Waals surface area contributed by atoms with E-state index in [1.165, 1.54) is 12.4 Å². The van der Waals surface area contributed by atoms with Crippen LogP contribution in [0.1, 0.15) is 27.2 Å². The molecule has 0 spiro atoms. The van der Waals surface area contributed by atoms with Gasteiger partial charge in [0.15, 0.2) is 0 Å². The highest BCUT2D eigenvalue weighted by molar-refractivity contribution is 7.89. The van der Waals surface area contributed by atoms with E-state index < -0.39 is 10.0 Å². The van der Waals surface area contributed by atoms with Gasteiger partial charge < -0.3 is 9.64 Å². The molecule has 0 fully saturated rings. The largest absolute Gasteiger partial charge is 0.492 e. The quantitative estimate of drug-likeness (QED) is 0.662. The molecule has 1 rings (SSSR count). The zero-order chi connectivity index (χ0) is 15.7. The van der Waals surface area contributed by atoms with Crippen molar-refractivity contribution < 1.29 is 13.2 Å². The van der Waals surface area contributed by atoms with Crippen LogP contribution in [0, 0.1) is 0 Å². The number of pyridine rings is 1. The van der Waals surface area contributed by atoms with E-state index in [1.54, 1.807) is 6.07 Å². The second-order valence-electron chi connectivity index (χ2n) is 4.53. The van der Waals surface area contributed by atoms with Gasteiger partial charge in [0.05, 0.1) is 12.8 Å². The maximum atomic E-state index is 12.3. The van der Waals surface area contributed by atoms with Crippen LogP contribution in [-0.2, 0) is 10.0 Å². The van der Waals surface area contributed by atoms with E-state index in [4.69, 9.17) is 4.74 Å². The summed E-state index contributed by atoms with van der Waals surface area (Å²) in [4.78, 5) is 6.22. The molecule has 0 aliphatic carbocycles. The Kier molecular flexibility index (Phi) is 7.63. The molecule has 1 aromatic rings. The molecular weight excluding hydrogens is 290 g/mol. The summed E-state index contributed by atoms with van der Waals surface area (Å²) in [7, 11) is -3.58. The van der Waals surface area contributed by atoms with Crippen LogP contribution in [0.4, 0.5) is 0 Å².